The molecule has 3 heteroatoms. The first-order valence-corrected chi connectivity index (χ1v) is 5.74. The highest BCUT2D eigenvalue weighted by Gasteiger charge is 2.05. The first-order valence-electron chi connectivity index (χ1n) is 4.95. The van der Waals surface area contributed by atoms with Crippen molar-refractivity contribution in [1.82, 2.24) is 0 Å². The van der Waals surface area contributed by atoms with Crippen molar-refractivity contribution in [1.29, 1.82) is 5.41 Å². The monoisotopic (exact) mass is 269 g/mol. The molecule has 0 aliphatic heterocycles. The van der Waals surface area contributed by atoms with Crippen molar-refractivity contribution in [2.45, 2.75) is 25.9 Å². The molecular weight excluding hydrogens is 254 g/mol. The molecule has 1 N–H and O–H groups in total. The van der Waals surface area contributed by atoms with Gasteiger partial charge in [-0.15, -0.1) is 0 Å². The van der Waals surface area contributed by atoms with Gasteiger partial charge in [-0.05, 0) is 24.6 Å². The summed E-state index contributed by atoms with van der Waals surface area (Å²) in [6.45, 7) is 1.98. The van der Waals surface area contributed by atoms with Crippen LogP contribution in [0.2, 0.25) is 0 Å². The van der Waals surface area contributed by atoms with E-state index >= 15 is 0 Å². The molecule has 0 amide bonds. The second-order valence-corrected chi connectivity index (χ2v) is 4.57. The Bertz CT molecular complexity index is 321. The average Bonchev–Trinajstić information content (AvgIpc) is 2.21. The van der Waals surface area contributed by atoms with E-state index < -0.39 is 0 Å². The van der Waals surface area contributed by atoms with Crippen molar-refractivity contribution in [3.8, 4) is 0 Å². The van der Waals surface area contributed by atoms with Crippen LogP contribution in [-0.2, 0) is 11.2 Å². The van der Waals surface area contributed by atoms with Crippen LogP contribution in [0.1, 0.15) is 18.9 Å². The maximum atomic E-state index is 7.82. The molecule has 0 saturated heterocycles. The summed E-state index contributed by atoms with van der Waals surface area (Å²) >= 11 is 3.39. The summed E-state index contributed by atoms with van der Waals surface area (Å²) in [6, 6.07) is 8.08. The molecule has 1 atom stereocenters. The number of ether oxygens (including phenoxy) is 1. The number of rotatable bonds is 5. The van der Waals surface area contributed by atoms with E-state index in [-0.39, 0.29) is 6.10 Å². The van der Waals surface area contributed by atoms with E-state index in [9.17, 15) is 0 Å². The van der Waals surface area contributed by atoms with Crippen molar-refractivity contribution >= 4 is 21.6 Å². The molecule has 82 valence electrons. The number of methoxy groups -OCH3 is 1. The second kappa shape index (κ2) is 6.03. The van der Waals surface area contributed by atoms with Gasteiger partial charge in [0, 0.05) is 30.1 Å². The zero-order valence-corrected chi connectivity index (χ0v) is 10.7. The fourth-order valence-corrected chi connectivity index (χ4v) is 1.62. The molecule has 0 spiro atoms. The fraction of sp³-hybridized carbons (Fsp3) is 0.417. The molecule has 1 rings (SSSR count). The fourth-order valence-electron chi connectivity index (χ4n) is 1.35. The molecule has 2 nitrogen and oxygen atoms in total. The largest absolute Gasteiger partial charge is 0.381 e. The van der Waals surface area contributed by atoms with Gasteiger partial charge in [0.2, 0.25) is 0 Å². The van der Waals surface area contributed by atoms with Crippen LogP contribution in [0.5, 0.6) is 0 Å². The third-order valence-electron chi connectivity index (χ3n) is 2.27. The van der Waals surface area contributed by atoms with Crippen molar-refractivity contribution in [2.75, 3.05) is 7.11 Å². The van der Waals surface area contributed by atoms with Gasteiger partial charge < -0.3 is 10.1 Å². The first kappa shape index (κ1) is 12.4. The number of benzene rings is 1. The third kappa shape index (κ3) is 4.58. The van der Waals surface area contributed by atoms with Gasteiger partial charge in [-0.3, -0.25) is 0 Å². The average molecular weight is 270 g/mol. The SMILES string of the molecule is COC(C)CC(=N)Cc1ccc(Br)cc1. The van der Waals surface area contributed by atoms with E-state index in [1.54, 1.807) is 7.11 Å². The van der Waals surface area contributed by atoms with Crippen LogP contribution in [0.15, 0.2) is 28.7 Å². The van der Waals surface area contributed by atoms with Crippen LogP contribution in [-0.4, -0.2) is 18.9 Å². The summed E-state index contributed by atoms with van der Waals surface area (Å²) in [5, 5.41) is 7.82. The summed E-state index contributed by atoms with van der Waals surface area (Å²) in [6.07, 6.45) is 1.54. The lowest BCUT2D eigenvalue weighted by Crippen LogP contribution is -2.13. The Morgan fingerprint density at radius 2 is 2.00 bits per heavy atom. The molecule has 0 heterocycles. The molecule has 0 radical (unpaired) electrons. The maximum Gasteiger partial charge on any atom is 0.0595 e. The molecule has 0 aliphatic rings. The van der Waals surface area contributed by atoms with Crippen molar-refractivity contribution < 1.29 is 4.74 Å². The normalized spacial score (nSPS) is 12.5. The Morgan fingerprint density at radius 1 is 1.40 bits per heavy atom. The minimum atomic E-state index is 0.132. The Kier molecular flexibility index (Phi) is 4.99. The highest BCUT2D eigenvalue weighted by molar-refractivity contribution is 9.10. The molecule has 0 fully saturated rings. The van der Waals surface area contributed by atoms with Gasteiger partial charge in [0.15, 0.2) is 0 Å². The zero-order chi connectivity index (χ0) is 11.3. The lowest BCUT2D eigenvalue weighted by atomic mass is 10.0. The maximum absolute atomic E-state index is 7.82. The number of hydrogen-bond donors (Lipinski definition) is 1. The van der Waals surface area contributed by atoms with Gasteiger partial charge in [-0.1, -0.05) is 28.1 Å². The lowest BCUT2D eigenvalue weighted by molar-refractivity contribution is 0.124. The van der Waals surface area contributed by atoms with Crippen molar-refractivity contribution in [3.63, 3.8) is 0 Å². The Balaban J connectivity index is 2.48. The standard InChI is InChI=1S/C12H16BrNO/c1-9(15-2)7-12(14)8-10-3-5-11(13)6-4-10/h3-6,9,14H,7-8H2,1-2H3. The van der Waals surface area contributed by atoms with Gasteiger partial charge >= 0.3 is 0 Å². The van der Waals surface area contributed by atoms with Gasteiger partial charge in [0.05, 0.1) is 6.10 Å². The molecule has 1 aromatic rings. The molecule has 1 aromatic carbocycles. The van der Waals surface area contributed by atoms with Crippen LogP contribution >= 0.6 is 15.9 Å². The zero-order valence-electron chi connectivity index (χ0n) is 9.09. The predicted molar refractivity (Wildman–Crippen MR) is 66.7 cm³/mol. The molecule has 0 aliphatic carbocycles. The number of nitrogens with one attached hydrogen (secondary N) is 1. The Labute approximate surface area is 99.3 Å². The van der Waals surface area contributed by atoms with Crippen LogP contribution in [0.4, 0.5) is 0 Å². The van der Waals surface area contributed by atoms with Crippen molar-refractivity contribution in [2.24, 2.45) is 0 Å². The van der Waals surface area contributed by atoms with E-state index in [1.807, 2.05) is 31.2 Å². The molecule has 15 heavy (non-hydrogen) atoms. The summed E-state index contributed by atoms with van der Waals surface area (Å²) in [7, 11) is 1.68. The molecule has 1 unspecified atom stereocenters. The highest BCUT2D eigenvalue weighted by Crippen LogP contribution is 2.12. The quantitative estimate of drug-likeness (QED) is 0.817. The van der Waals surface area contributed by atoms with Crippen LogP contribution in [0, 0.1) is 5.41 Å². The highest BCUT2D eigenvalue weighted by atomic mass is 79.9. The molecule has 0 bridgehead atoms. The molecular formula is C12H16BrNO. The van der Waals surface area contributed by atoms with E-state index in [0.29, 0.717) is 18.6 Å². The Morgan fingerprint density at radius 3 is 2.53 bits per heavy atom. The molecule has 0 saturated carbocycles. The van der Waals surface area contributed by atoms with E-state index in [1.165, 1.54) is 5.56 Å². The van der Waals surface area contributed by atoms with E-state index in [0.717, 1.165) is 4.47 Å². The van der Waals surface area contributed by atoms with Crippen LogP contribution in [0.25, 0.3) is 0 Å². The van der Waals surface area contributed by atoms with Gasteiger partial charge in [0.25, 0.3) is 0 Å². The summed E-state index contributed by atoms with van der Waals surface area (Å²) in [5.41, 5.74) is 1.89. The minimum Gasteiger partial charge on any atom is -0.381 e. The first-order chi connectivity index (χ1) is 7.11. The summed E-state index contributed by atoms with van der Waals surface area (Å²) in [4.78, 5) is 0. The minimum absolute atomic E-state index is 0.132. The second-order valence-electron chi connectivity index (χ2n) is 3.66. The van der Waals surface area contributed by atoms with Gasteiger partial charge in [-0.25, -0.2) is 0 Å². The van der Waals surface area contributed by atoms with Crippen LogP contribution in [0.3, 0.4) is 0 Å². The summed E-state index contributed by atoms with van der Waals surface area (Å²) in [5.74, 6) is 0. The van der Waals surface area contributed by atoms with E-state index in [4.69, 9.17) is 10.1 Å². The van der Waals surface area contributed by atoms with Gasteiger partial charge in [0.1, 0.15) is 0 Å². The third-order valence-corrected chi connectivity index (χ3v) is 2.80. The van der Waals surface area contributed by atoms with Gasteiger partial charge in [-0.2, -0.15) is 0 Å². The van der Waals surface area contributed by atoms with Crippen LogP contribution < -0.4 is 0 Å². The molecule has 0 aromatic heterocycles. The topological polar surface area (TPSA) is 33.1 Å². The van der Waals surface area contributed by atoms with E-state index in [2.05, 4.69) is 15.9 Å². The lowest BCUT2D eigenvalue weighted by Gasteiger charge is -2.10. The smallest absolute Gasteiger partial charge is 0.0595 e. The Hall–Kier alpha value is -0.670. The van der Waals surface area contributed by atoms with Crippen molar-refractivity contribution in [3.05, 3.63) is 34.3 Å². The summed E-state index contributed by atoms with van der Waals surface area (Å²) < 4.78 is 6.20. The predicted octanol–water partition coefficient (Wildman–Crippen LogP) is 3.44. The number of hydrogen-bond acceptors (Lipinski definition) is 2. The number of halogens is 1.